The van der Waals surface area contributed by atoms with Crippen molar-refractivity contribution in [1.29, 1.82) is 0 Å². The van der Waals surface area contributed by atoms with Crippen LogP contribution in [0.15, 0.2) is 18.2 Å². The van der Waals surface area contributed by atoms with Gasteiger partial charge in [0.2, 0.25) is 0 Å². The molecule has 2 atom stereocenters. The number of aromatic nitrogens is 2. The van der Waals surface area contributed by atoms with E-state index in [0.29, 0.717) is 17.8 Å². The zero-order chi connectivity index (χ0) is 14.8. The standard InChI is InChI=1S/C17H22ClFN2/c1-2-12-5-3-4-6-15(12)21-16-8-7-13(19)11-14(16)20-17(21)9-10-18/h7-8,11-12,15H,2-6,9-10H2,1H3. The fourth-order valence-corrected chi connectivity index (χ4v) is 3.93. The van der Waals surface area contributed by atoms with Gasteiger partial charge in [0.25, 0.3) is 0 Å². The zero-order valence-corrected chi connectivity index (χ0v) is 13.2. The number of benzene rings is 1. The Morgan fingerprint density at radius 3 is 2.90 bits per heavy atom. The number of halogens is 2. The molecule has 2 nitrogen and oxygen atoms in total. The highest BCUT2D eigenvalue weighted by Crippen LogP contribution is 2.38. The minimum absolute atomic E-state index is 0.222. The Labute approximate surface area is 130 Å². The molecule has 1 saturated carbocycles. The van der Waals surface area contributed by atoms with Gasteiger partial charge in [-0.05, 0) is 30.9 Å². The highest BCUT2D eigenvalue weighted by atomic mass is 35.5. The van der Waals surface area contributed by atoms with Crippen LogP contribution in [0.3, 0.4) is 0 Å². The van der Waals surface area contributed by atoms with Crippen molar-refractivity contribution in [2.75, 3.05) is 5.88 Å². The predicted octanol–water partition coefficient (Wildman–Crippen LogP) is 5.10. The summed E-state index contributed by atoms with van der Waals surface area (Å²) in [6.45, 7) is 2.27. The molecule has 0 N–H and O–H groups in total. The van der Waals surface area contributed by atoms with Gasteiger partial charge in [0.15, 0.2) is 0 Å². The number of nitrogens with zero attached hydrogens (tertiary/aromatic N) is 2. The molecule has 2 aromatic rings. The lowest BCUT2D eigenvalue weighted by atomic mass is 9.82. The third kappa shape index (κ3) is 2.80. The molecule has 1 aliphatic rings. The summed E-state index contributed by atoms with van der Waals surface area (Å²) in [4.78, 5) is 4.65. The molecular formula is C17H22ClFN2. The van der Waals surface area contributed by atoms with Crippen molar-refractivity contribution in [1.82, 2.24) is 9.55 Å². The summed E-state index contributed by atoms with van der Waals surface area (Å²) >= 11 is 5.95. The van der Waals surface area contributed by atoms with Crippen molar-refractivity contribution in [2.24, 2.45) is 5.92 Å². The average molecular weight is 309 g/mol. The molecule has 0 saturated heterocycles. The Bertz CT molecular complexity index is 623. The maximum absolute atomic E-state index is 13.5. The molecule has 3 rings (SSSR count). The van der Waals surface area contributed by atoms with Crippen LogP contribution in [0.4, 0.5) is 4.39 Å². The molecule has 1 aromatic carbocycles. The van der Waals surface area contributed by atoms with Crippen molar-refractivity contribution < 1.29 is 4.39 Å². The van der Waals surface area contributed by atoms with E-state index in [0.717, 1.165) is 23.3 Å². The molecule has 0 bridgehead atoms. The van der Waals surface area contributed by atoms with Gasteiger partial charge in [-0.25, -0.2) is 9.37 Å². The van der Waals surface area contributed by atoms with Gasteiger partial charge in [0, 0.05) is 24.4 Å². The predicted molar refractivity (Wildman–Crippen MR) is 85.4 cm³/mol. The molecule has 1 fully saturated rings. The monoisotopic (exact) mass is 308 g/mol. The Morgan fingerprint density at radius 1 is 1.33 bits per heavy atom. The fraction of sp³-hybridized carbons (Fsp3) is 0.588. The van der Waals surface area contributed by atoms with Gasteiger partial charge in [0.05, 0.1) is 11.0 Å². The van der Waals surface area contributed by atoms with Crippen molar-refractivity contribution in [3.8, 4) is 0 Å². The van der Waals surface area contributed by atoms with Crippen LogP contribution in [-0.2, 0) is 6.42 Å². The molecule has 0 spiro atoms. The molecule has 21 heavy (non-hydrogen) atoms. The molecule has 4 heteroatoms. The third-order valence-electron chi connectivity index (χ3n) is 4.77. The first kappa shape index (κ1) is 14.8. The maximum atomic E-state index is 13.5. The minimum atomic E-state index is -0.222. The topological polar surface area (TPSA) is 17.8 Å². The second kappa shape index (κ2) is 6.35. The minimum Gasteiger partial charge on any atom is -0.325 e. The molecule has 0 radical (unpaired) electrons. The fourth-order valence-electron chi connectivity index (χ4n) is 3.76. The molecule has 0 aliphatic heterocycles. The second-order valence-electron chi connectivity index (χ2n) is 5.99. The van der Waals surface area contributed by atoms with Crippen LogP contribution in [-0.4, -0.2) is 15.4 Å². The highest BCUT2D eigenvalue weighted by Gasteiger charge is 2.28. The van der Waals surface area contributed by atoms with Crippen LogP contribution < -0.4 is 0 Å². The lowest BCUT2D eigenvalue weighted by Gasteiger charge is -2.33. The summed E-state index contributed by atoms with van der Waals surface area (Å²) in [5.74, 6) is 2.03. The van der Waals surface area contributed by atoms with E-state index in [2.05, 4.69) is 16.5 Å². The second-order valence-corrected chi connectivity index (χ2v) is 6.37. The van der Waals surface area contributed by atoms with E-state index in [1.165, 1.54) is 44.2 Å². The Hall–Kier alpha value is -1.09. The van der Waals surface area contributed by atoms with E-state index in [1.54, 1.807) is 0 Å². The zero-order valence-electron chi connectivity index (χ0n) is 12.5. The Morgan fingerprint density at radius 2 is 2.14 bits per heavy atom. The van der Waals surface area contributed by atoms with E-state index < -0.39 is 0 Å². The van der Waals surface area contributed by atoms with Crippen molar-refractivity contribution in [2.45, 2.75) is 51.5 Å². The molecule has 1 aromatic heterocycles. The summed E-state index contributed by atoms with van der Waals surface area (Å²) in [5, 5.41) is 0. The maximum Gasteiger partial charge on any atom is 0.125 e. The van der Waals surface area contributed by atoms with Crippen molar-refractivity contribution >= 4 is 22.6 Å². The van der Waals surface area contributed by atoms with E-state index in [-0.39, 0.29) is 5.82 Å². The van der Waals surface area contributed by atoms with Gasteiger partial charge in [-0.1, -0.05) is 26.2 Å². The van der Waals surface area contributed by atoms with Crippen LogP contribution in [0.2, 0.25) is 0 Å². The number of hydrogen-bond donors (Lipinski definition) is 0. The van der Waals surface area contributed by atoms with E-state index in [9.17, 15) is 4.39 Å². The quantitative estimate of drug-likeness (QED) is 0.719. The molecule has 1 aliphatic carbocycles. The first-order valence-electron chi connectivity index (χ1n) is 7.97. The Kier molecular flexibility index (Phi) is 4.48. The first-order valence-corrected chi connectivity index (χ1v) is 8.50. The van der Waals surface area contributed by atoms with Gasteiger partial charge in [-0.2, -0.15) is 0 Å². The Balaban J connectivity index is 2.11. The average Bonchev–Trinajstić information content (AvgIpc) is 2.84. The number of aryl methyl sites for hydroxylation is 1. The van der Waals surface area contributed by atoms with Gasteiger partial charge < -0.3 is 4.57 Å². The number of alkyl halides is 1. The lowest BCUT2D eigenvalue weighted by Crippen LogP contribution is -2.24. The summed E-state index contributed by atoms with van der Waals surface area (Å²) in [6.07, 6.45) is 6.99. The summed E-state index contributed by atoms with van der Waals surface area (Å²) in [6, 6.07) is 5.43. The highest BCUT2D eigenvalue weighted by molar-refractivity contribution is 6.17. The number of fused-ring (bicyclic) bond motifs is 1. The van der Waals surface area contributed by atoms with Crippen molar-refractivity contribution in [3.05, 3.63) is 29.8 Å². The van der Waals surface area contributed by atoms with Gasteiger partial charge in [0.1, 0.15) is 11.6 Å². The summed E-state index contributed by atoms with van der Waals surface area (Å²) < 4.78 is 15.8. The lowest BCUT2D eigenvalue weighted by molar-refractivity contribution is 0.233. The van der Waals surface area contributed by atoms with Crippen LogP contribution in [0.25, 0.3) is 11.0 Å². The van der Waals surface area contributed by atoms with Crippen LogP contribution >= 0.6 is 11.6 Å². The summed E-state index contributed by atoms with van der Waals surface area (Å²) in [5.41, 5.74) is 1.82. The van der Waals surface area contributed by atoms with E-state index >= 15 is 0 Å². The van der Waals surface area contributed by atoms with Crippen molar-refractivity contribution in [3.63, 3.8) is 0 Å². The smallest absolute Gasteiger partial charge is 0.125 e. The van der Waals surface area contributed by atoms with Crippen LogP contribution in [0, 0.1) is 11.7 Å². The SMILES string of the molecule is CCC1CCCCC1n1c(CCCl)nc2cc(F)ccc21. The molecular weight excluding hydrogens is 287 g/mol. The third-order valence-corrected chi connectivity index (χ3v) is 4.96. The number of hydrogen-bond acceptors (Lipinski definition) is 1. The van der Waals surface area contributed by atoms with Gasteiger partial charge in [-0.3, -0.25) is 0 Å². The van der Waals surface area contributed by atoms with E-state index in [4.69, 9.17) is 11.6 Å². The van der Waals surface area contributed by atoms with Crippen LogP contribution in [0.1, 0.15) is 50.9 Å². The first-order chi connectivity index (χ1) is 10.2. The largest absolute Gasteiger partial charge is 0.325 e. The van der Waals surface area contributed by atoms with E-state index in [1.807, 2.05) is 6.07 Å². The van der Waals surface area contributed by atoms with Gasteiger partial charge in [-0.15, -0.1) is 11.6 Å². The molecule has 114 valence electrons. The summed E-state index contributed by atoms with van der Waals surface area (Å²) in [7, 11) is 0. The number of rotatable bonds is 4. The normalized spacial score (nSPS) is 22.8. The van der Waals surface area contributed by atoms with Crippen LogP contribution in [0.5, 0.6) is 0 Å². The molecule has 0 amide bonds. The number of imidazole rings is 1. The molecule has 1 heterocycles. The molecule has 2 unspecified atom stereocenters. The van der Waals surface area contributed by atoms with Gasteiger partial charge >= 0.3 is 0 Å².